The highest BCUT2D eigenvalue weighted by Crippen LogP contribution is 2.60. The molecule has 22 heavy (non-hydrogen) atoms. The second-order valence-corrected chi connectivity index (χ2v) is 11.2. The van der Waals surface area contributed by atoms with E-state index in [1.165, 1.54) is 0 Å². The zero-order chi connectivity index (χ0) is 16.1. The number of hydrogen-bond acceptors (Lipinski definition) is 4. The lowest BCUT2D eigenvalue weighted by molar-refractivity contribution is -0.162. The van der Waals surface area contributed by atoms with Crippen LogP contribution in [0.25, 0.3) is 0 Å². The summed E-state index contributed by atoms with van der Waals surface area (Å²) in [4.78, 5) is 26.4. The Kier molecular flexibility index (Phi) is 4.10. The van der Waals surface area contributed by atoms with Crippen LogP contribution in [0.3, 0.4) is 0 Å². The first-order valence-corrected chi connectivity index (χ1v) is 9.30. The van der Waals surface area contributed by atoms with Crippen molar-refractivity contribution >= 4 is 55.5 Å². The van der Waals surface area contributed by atoms with Gasteiger partial charge in [0.2, 0.25) is 0 Å². The number of hydrogen-bond donors (Lipinski definition) is 0. The molecule has 0 saturated carbocycles. The molecule has 0 aliphatic carbocycles. The third-order valence-electron chi connectivity index (χ3n) is 3.88. The van der Waals surface area contributed by atoms with E-state index >= 15 is 0 Å². The van der Waals surface area contributed by atoms with Crippen molar-refractivity contribution in [2.75, 3.05) is 0 Å². The van der Waals surface area contributed by atoms with Gasteiger partial charge < -0.3 is 9.64 Å². The molecule has 118 valence electrons. The minimum absolute atomic E-state index is 0.107. The van der Waals surface area contributed by atoms with Crippen LogP contribution >= 0.6 is 43.6 Å². The minimum atomic E-state index is -0.767. The van der Waals surface area contributed by atoms with Crippen LogP contribution in [0.1, 0.15) is 19.4 Å². The lowest BCUT2D eigenvalue weighted by Gasteiger charge is -2.46. The molecule has 2 aliphatic heterocycles. The number of benzene rings is 1. The first-order chi connectivity index (χ1) is 10.2. The molecule has 2 fully saturated rings. The van der Waals surface area contributed by atoms with Crippen LogP contribution in [0.4, 0.5) is 0 Å². The molecule has 2 atom stereocenters. The van der Waals surface area contributed by atoms with Crippen molar-refractivity contribution in [1.82, 2.24) is 4.90 Å². The average molecular weight is 449 g/mol. The fraction of sp³-hybridized carbons (Fsp3) is 0.467. The van der Waals surface area contributed by atoms with E-state index in [0.717, 1.165) is 5.56 Å². The van der Waals surface area contributed by atoms with Crippen molar-refractivity contribution in [3.05, 3.63) is 35.9 Å². The summed E-state index contributed by atoms with van der Waals surface area (Å²) < 4.78 is 4.28. The largest absolute Gasteiger partial charge is 0.459 e. The molecule has 7 heteroatoms. The summed E-state index contributed by atoms with van der Waals surface area (Å²) in [6.45, 7) is 4.15. The lowest BCUT2D eigenvalue weighted by atomic mass is 9.98. The third-order valence-corrected chi connectivity index (χ3v) is 7.67. The first-order valence-electron chi connectivity index (χ1n) is 6.84. The second-order valence-electron chi connectivity index (χ2n) is 5.90. The number of thioether (sulfide) groups is 1. The molecule has 0 aromatic heterocycles. The number of carbonyl (C=O) groups is 2. The second kappa shape index (κ2) is 5.53. The first kappa shape index (κ1) is 16.3. The number of esters is 1. The highest BCUT2D eigenvalue weighted by Gasteiger charge is 2.70. The van der Waals surface area contributed by atoms with Gasteiger partial charge >= 0.3 is 5.97 Å². The van der Waals surface area contributed by atoms with Crippen LogP contribution in [0.5, 0.6) is 0 Å². The van der Waals surface area contributed by atoms with E-state index in [4.69, 9.17) is 4.74 Å². The number of halogens is 2. The van der Waals surface area contributed by atoms with Gasteiger partial charge in [0.15, 0.2) is 3.23 Å². The number of amides is 1. The van der Waals surface area contributed by atoms with Gasteiger partial charge in [-0.15, -0.1) is 11.8 Å². The van der Waals surface area contributed by atoms with Crippen molar-refractivity contribution in [2.24, 2.45) is 0 Å². The predicted molar refractivity (Wildman–Crippen MR) is 92.9 cm³/mol. The molecule has 0 radical (unpaired) electrons. The third kappa shape index (κ3) is 2.51. The summed E-state index contributed by atoms with van der Waals surface area (Å²) in [5.41, 5.74) is 0.932. The summed E-state index contributed by atoms with van der Waals surface area (Å²) in [6.07, 6.45) is 0. The molecule has 1 aromatic rings. The van der Waals surface area contributed by atoms with E-state index in [1.807, 2.05) is 44.2 Å². The molecule has 2 aliphatic rings. The Morgan fingerprint density at radius 2 is 1.95 bits per heavy atom. The molecular weight excluding hydrogens is 434 g/mol. The summed E-state index contributed by atoms with van der Waals surface area (Å²) in [5, 5.41) is -0.107. The molecule has 0 N–H and O–H groups in total. The van der Waals surface area contributed by atoms with Gasteiger partial charge in [0, 0.05) is 4.75 Å². The van der Waals surface area contributed by atoms with Crippen LogP contribution in [0.15, 0.2) is 30.3 Å². The molecular formula is C15H15Br2NO3S. The number of rotatable bonds is 3. The van der Waals surface area contributed by atoms with Crippen LogP contribution in [-0.4, -0.2) is 36.2 Å². The highest BCUT2D eigenvalue weighted by atomic mass is 79.9. The fourth-order valence-corrected chi connectivity index (χ4v) is 5.67. The van der Waals surface area contributed by atoms with Crippen LogP contribution in [0, 0.1) is 0 Å². The van der Waals surface area contributed by atoms with Gasteiger partial charge in [-0.3, -0.25) is 4.79 Å². The van der Waals surface area contributed by atoms with E-state index < -0.39 is 14.0 Å². The lowest BCUT2D eigenvalue weighted by Crippen LogP contribution is -2.68. The quantitative estimate of drug-likeness (QED) is 0.404. The zero-order valence-electron chi connectivity index (χ0n) is 12.1. The van der Waals surface area contributed by atoms with E-state index in [2.05, 4.69) is 31.9 Å². The molecule has 1 amide bonds. The van der Waals surface area contributed by atoms with Gasteiger partial charge in [-0.1, -0.05) is 62.2 Å². The van der Waals surface area contributed by atoms with Crippen molar-refractivity contribution in [3.8, 4) is 0 Å². The summed E-state index contributed by atoms with van der Waals surface area (Å²) in [7, 11) is 0. The van der Waals surface area contributed by atoms with E-state index in [-0.39, 0.29) is 23.9 Å². The Hall–Kier alpha value is -0.530. The van der Waals surface area contributed by atoms with Crippen LogP contribution in [0.2, 0.25) is 0 Å². The molecule has 0 spiro atoms. The molecule has 0 bridgehead atoms. The number of nitrogens with zero attached hydrogens (tertiary/aromatic N) is 1. The Morgan fingerprint density at radius 1 is 1.32 bits per heavy atom. The Morgan fingerprint density at radius 3 is 2.59 bits per heavy atom. The maximum absolute atomic E-state index is 12.5. The molecule has 0 unspecified atom stereocenters. The van der Waals surface area contributed by atoms with Gasteiger partial charge in [-0.25, -0.2) is 4.79 Å². The Labute approximate surface area is 150 Å². The Bertz CT molecular complexity index is 620. The summed E-state index contributed by atoms with van der Waals surface area (Å²) >= 11 is 8.38. The topological polar surface area (TPSA) is 46.6 Å². The maximum atomic E-state index is 12.5. The van der Waals surface area contributed by atoms with Gasteiger partial charge in [0.1, 0.15) is 18.0 Å². The number of β-lactam (4-membered cyclic amide) rings is 1. The van der Waals surface area contributed by atoms with E-state index in [1.54, 1.807) is 16.7 Å². The number of carbonyl (C=O) groups excluding carboxylic acids is 2. The standard InChI is InChI=1S/C15H15Br2NO3S/c1-14(2)10(18-12(20)15(16,17)13(18)22-14)11(19)21-8-9-6-4-3-5-7-9/h3-7,10,13H,8H2,1-2H3/t10-,13+/m0/s1. The van der Waals surface area contributed by atoms with E-state index in [0.29, 0.717) is 0 Å². The average Bonchev–Trinajstić information content (AvgIpc) is 2.76. The zero-order valence-corrected chi connectivity index (χ0v) is 16.1. The molecule has 3 rings (SSSR count). The fourth-order valence-electron chi connectivity index (χ4n) is 2.77. The van der Waals surface area contributed by atoms with E-state index in [9.17, 15) is 9.59 Å². The minimum Gasteiger partial charge on any atom is -0.459 e. The highest BCUT2D eigenvalue weighted by molar-refractivity contribution is 9.26. The Balaban J connectivity index is 1.73. The van der Waals surface area contributed by atoms with Crippen molar-refractivity contribution in [1.29, 1.82) is 0 Å². The summed E-state index contributed by atoms with van der Waals surface area (Å²) in [6, 6.07) is 8.96. The number of alkyl halides is 2. The normalized spacial score (nSPS) is 28.0. The van der Waals surface area contributed by atoms with Crippen molar-refractivity contribution in [2.45, 2.75) is 39.9 Å². The van der Waals surface area contributed by atoms with Crippen molar-refractivity contribution in [3.63, 3.8) is 0 Å². The smallest absolute Gasteiger partial charge is 0.330 e. The van der Waals surface area contributed by atoms with Crippen LogP contribution < -0.4 is 0 Å². The van der Waals surface area contributed by atoms with Gasteiger partial charge in [-0.05, 0) is 19.4 Å². The predicted octanol–water partition coefficient (Wildman–Crippen LogP) is 3.28. The number of fused-ring (bicyclic) bond motifs is 1. The molecule has 4 nitrogen and oxygen atoms in total. The monoisotopic (exact) mass is 447 g/mol. The van der Waals surface area contributed by atoms with Gasteiger partial charge in [0.25, 0.3) is 5.91 Å². The number of ether oxygens (including phenoxy) is 1. The molecule has 2 heterocycles. The van der Waals surface area contributed by atoms with Crippen molar-refractivity contribution < 1.29 is 14.3 Å². The van der Waals surface area contributed by atoms with Gasteiger partial charge in [-0.2, -0.15) is 0 Å². The SMILES string of the molecule is CC1(C)S[C@H]2N(C(=O)C2(Br)Br)[C@H]1C(=O)OCc1ccccc1. The summed E-state index contributed by atoms with van der Waals surface area (Å²) in [5.74, 6) is -0.482. The molecule has 2 saturated heterocycles. The van der Waals surface area contributed by atoms with Gasteiger partial charge in [0.05, 0.1) is 0 Å². The molecule has 1 aromatic carbocycles. The maximum Gasteiger partial charge on any atom is 0.330 e. The van der Waals surface area contributed by atoms with Crippen LogP contribution in [-0.2, 0) is 20.9 Å².